The molecule has 1 heterocycles. The summed E-state index contributed by atoms with van der Waals surface area (Å²) in [6, 6.07) is 7.72. The maximum atomic E-state index is 12.7. The van der Waals surface area contributed by atoms with Crippen molar-refractivity contribution >= 4 is 10.9 Å². The third kappa shape index (κ3) is 2.24. The van der Waals surface area contributed by atoms with E-state index in [-0.39, 0.29) is 11.6 Å². The topological polar surface area (TPSA) is 60.9 Å². The molecule has 2 aromatic rings. The Labute approximate surface area is 118 Å². The Morgan fingerprint density at radius 3 is 2.95 bits per heavy atom. The molecule has 0 aliphatic heterocycles. The van der Waals surface area contributed by atoms with Crippen LogP contribution in [0, 0.1) is 11.8 Å². The standard InChI is InChI=1S/C16H21N3O/c1-11-6-7-12(9-17)15(8-11)19-10-18-14-5-3-2-4-13(14)16(19)20/h2-5,10-12,15H,6-9,17H2,1H3. The van der Waals surface area contributed by atoms with Crippen LogP contribution in [0.1, 0.15) is 32.2 Å². The molecule has 1 aliphatic rings. The fourth-order valence-corrected chi connectivity index (χ4v) is 3.35. The van der Waals surface area contributed by atoms with Gasteiger partial charge in [0.25, 0.3) is 5.56 Å². The molecule has 106 valence electrons. The van der Waals surface area contributed by atoms with Crippen LogP contribution >= 0.6 is 0 Å². The van der Waals surface area contributed by atoms with Crippen molar-refractivity contribution in [3.05, 3.63) is 40.9 Å². The normalized spacial score (nSPS) is 26.8. The van der Waals surface area contributed by atoms with Crippen LogP contribution in [0.5, 0.6) is 0 Å². The van der Waals surface area contributed by atoms with Crippen molar-refractivity contribution in [1.82, 2.24) is 9.55 Å². The summed E-state index contributed by atoms with van der Waals surface area (Å²) in [6.45, 7) is 2.88. The molecule has 1 saturated carbocycles. The van der Waals surface area contributed by atoms with E-state index in [0.717, 1.165) is 18.4 Å². The van der Waals surface area contributed by atoms with E-state index >= 15 is 0 Å². The second kappa shape index (κ2) is 5.37. The average molecular weight is 271 g/mol. The fraction of sp³-hybridized carbons (Fsp3) is 0.500. The van der Waals surface area contributed by atoms with Crippen molar-refractivity contribution in [1.29, 1.82) is 0 Å². The SMILES string of the molecule is CC1CCC(CN)C(n2cnc3ccccc3c2=O)C1. The minimum Gasteiger partial charge on any atom is -0.330 e. The minimum absolute atomic E-state index is 0.0631. The summed E-state index contributed by atoms with van der Waals surface area (Å²) in [6.07, 6.45) is 5.02. The van der Waals surface area contributed by atoms with Gasteiger partial charge in [0, 0.05) is 6.04 Å². The number of para-hydroxylation sites is 1. The van der Waals surface area contributed by atoms with Crippen LogP contribution in [0.25, 0.3) is 10.9 Å². The quantitative estimate of drug-likeness (QED) is 0.912. The van der Waals surface area contributed by atoms with Crippen molar-refractivity contribution in [2.75, 3.05) is 6.54 Å². The lowest BCUT2D eigenvalue weighted by Crippen LogP contribution is -2.37. The summed E-state index contributed by atoms with van der Waals surface area (Å²) < 4.78 is 1.82. The van der Waals surface area contributed by atoms with Crippen molar-refractivity contribution in [2.45, 2.75) is 32.2 Å². The Bertz CT molecular complexity index is 664. The van der Waals surface area contributed by atoms with Gasteiger partial charge >= 0.3 is 0 Å². The number of benzene rings is 1. The van der Waals surface area contributed by atoms with Gasteiger partial charge in [-0.1, -0.05) is 25.5 Å². The van der Waals surface area contributed by atoms with Gasteiger partial charge in [0.15, 0.2) is 0 Å². The molecule has 4 nitrogen and oxygen atoms in total. The molecule has 0 saturated heterocycles. The van der Waals surface area contributed by atoms with Crippen LogP contribution in [0.4, 0.5) is 0 Å². The summed E-state index contributed by atoms with van der Waals surface area (Å²) in [5, 5.41) is 0.698. The molecule has 1 aromatic heterocycles. The van der Waals surface area contributed by atoms with E-state index in [1.165, 1.54) is 6.42 Å². The Kier molecular flexibility index (Phi) is 3.57. The van der Waals surface area contributed by atoms with E-state index in [9.17, 15) is 4.79 Å². The van der Waals surface area contributed by atoms with Crippen LogP contribution in [-0.2, 0) is 0 Å². The molecular weight excluding hydrogens is 250 g/mol. The third-order valence-corrected chi connectivity index (χ3v) is 4.57. The van der Waals surface area contributed by atoms with Crippen LogP contribution < -0.4 is 11.3 Å². The van der Waals surface area contributed by atoms with Crippen LogP contribution in [0.15, 0.2) is 35.4 Å². The summed E-state index contributed by atoms with van der Waals surface area (Å²) in [7, 11) is 0. The second-order valence-corrected chi connectivity index (χ2v) is 5.96. The number of fused-ring (bicyclic) bond motifs is 1. The molecule has 1 fully saturated rings. The van der Waals surface area contributed by atoms with Gasteiger partial charge in [-0.25, -0.2) is 4.98 Å². The number of nitrogens with two attached hydrogens (primary N) is 1. The lowest BCUT2D eigenvalue weighted by atomic mass is 9.79. The minimum atomic E-state index is 0.0631. The zero-order valence-corrected chi connectivity index (χ0v) is 11.8. The number of hydrogen-bond acceptors (Lipinski definition) is 3. The molecule has 3 rings (SSSR count). The van der Waals surface area contributed by atoms with E-state index in [0.29, 0.717) is 23.8 Å². The monoisotopic (exact) mass is 271 g/mol. The van der Waals surface area contributed by atoms with Crippen molar-refractivity contribution in [2.24, 2.45) is 17.6 Å². The predicted molar refractivity (Wildman–Crippen MR) is 80.6 cm³/mol. The summed E-state index contributed by atoms with van der Waals surface area (Å²) in [4.78, 5) is 17.1. The number of aromatic nitrogens is 2. The summed E-state index contributed by atoms with van der Waals surface area (Å²) >= 11 is 0. The Balaban J connectivity index is 2.08. The molecule has 2 N–H and O–H groups in total. The molecular formula is C16H21N3O. The maximum Gasteiger partial charge on any atom is 0.261 e. The molecule has 20 heavy (non-hydrogen) atoms. The van der Waals surface area contributed by atoms with Gasteiger partial charge in [-0.3, -0.25) is 9.36 Å². The van der Waals surface area contributed by atoms with E-state index in [1.54, 1.807) is 6.33 Å². The highest BCUT2D eigenvalue weighted by Crippen LogP contribution is 2.35. The zero-order valence-electron chi connectivity index (χ0n) is 11.8. The van der Waals surface area contributed by atoms with Gasteiger partial charge in [-0.05, 0) is 43.4 Å². The lowest BCUT2D eigenvalue weighted by Gasteiger charge is -2.35. The molecule has 0 spiro atoms. The first kappa shape index (κ1) is 13.3. The van der Waals surface area contributed by atoms with Crippen LogP contribution in [-0.4, -0.2) is 16.1 Å². The molecule has 1 aliphatic carbocycles. The summed E-state index contributed by atoms with van der Waals surface area (Å²) in [5.41, 5.74) is 6.73. The fourth-order valence-electron chi connectivity index (χ4n) is 3.35. The van der Waals surface area contributed by atoms with Gasteiger partial charge in [-0.15, -0.1) is 0 Å². The summed E-state index contributed by atoms with van der Waals surface area (Å²) in [5.74, 6) is 1.02. The predicted octanol–water partition coefficient (Wildman–Crippen LogP) is 2.33. The van der Waals surface area contributed by atoms with E-state index < -0.39 is 0 Å². The molecule has 0 radical (unpaired) electrons. The first-order chi connectivity index (χ1) is 9.70. The Hall–Kier alpha value is -1.68. The van der Waals surface area contributed by atoms with Gasteiger partial charge in [0.1, 0.15) is 0 Å². The average Bonchev–Trinajstić information content (AvgIpc) is 2.48. The van der Waals surface area contributed by atoms with Crippen molar-refractivity contribution in [3.8, 4) is 0 Å². The first-order valence-electron chi connectivity index (χ1n) is 7.36. The van der Waals surface area contributed by atoms with Crippen LogP contribution in [0.2, 0.25) is 0 Å². The molecule has 3 unspecified atom stereocenters. The van der Waals surface area contributed by atoms with Crippen molar-refractivity contribution in [3.63, 3.8) is 0 Å². The van der Waals surface area contributed by atoms with Crippen molar-refractivity contribution < 1.29 is 0 Å². The lowest BCUT2D eigenvalue weighted by molar-refractivity contribution is 0.193. The van der Waals surface area contributed by atoms with Gasteiger partial charge in [0.05, 0.1) is 17.2 Å². The molecule has 1 aromatic carbocycles. The van der Waals surface area contributed by atoms with Gasteiger partial charge < -0.3 is 5.73 Å². The highest BCUT2D eigenvalue weighted by Gasteiger charge is 2.29. The molecule has 0 amide bonds. The number of rotatable bonds is 2. The number of hydrogen-bond donors (Lipinski definition) is 1. The molecule has 0 bridgehead atoms. The second-order valence-electron chi connectivity index (χ2n) is 5.96. The molecule has 4 heteroatoms. The Morgan fingerprint density at radius 1 is 1.35 bits per heavy atom. The third-order valence-electron chi connectivity index (χ3n) is 4.57. The Morgan fingerprint density at radius 2 is 2.15 bits per heavy atom. The van der Waals surface area contributed by atoms with E-state index in [1.807, 2.05) is 28.8 Å². The van der Waals surface area contributed by atoms with E-state index in [2.05, 4.69) is 11.9 Å². The number of nitrogens with zero attached hydrogens (tertiary/aromatic N) is 2. The van der Waals surface area contributed by atoms with Gasteiger partial charge in [0.2, 0.25) is 0 Å². The first-order valence-corrected chi connectivity index (χ1v) is 7.36. The zero-order chi connectivity index (χ0) is 14.1. The smallest absolute Gasteiger partial charge is 0.261 e. The van der Waals surface area contributed by atoms with Crippen LogP contribution in [0.3, 0.4) is 0 Å². The highest BCUT2D eigenvalue weighted by atomic mass is 16.1. The van der Waals surface area contributed by atoms with Gasteiger partial charge in [-0.2, -0.15) is 0 Å². The maximum absolute atomic E-state index is 12.7. The van der Waals surface area contributed by atoms with E-state index in [4.69, 9.17) is 5.73 Å². The molecule has 3 atom stereocenters. The largest absolute Gasteiger partial charge is 0.330 e. The highest BCUT2D eigenvalue weighted by molar-refractivity contribution is 5.76.